The molecule has 1 aromatic heterocycles. The molecule has 6 nitrogen and oxygen atoms in total. The monoisotopic (exact) mass is 453 g/mol. The Bertz CT molecular complexity index is 1360. The number of nitrogens with one attached hydrogen (secondary N) is 1. The van der Waals surface area contributed by atoms with Gasteiger partial charge in [0.25, 0.3) is 11.8 Å². The molecule has 1 aliphatic heterocycles. The lowest BCUT2D eigenvalue weighted by Crippen LogP contribution is -2.42. The minimum atomic E-state index is -0.228. The van der Waals surface area contributed by atoms with Gasteiger partial charge in [-0.3, -0.25) is 9.59 Å². The first-order chi connectivity index (χ1) is 16.5. The fraction of sp³-hybridized carbons (Fsp3) is 0.250. The zero-order chi connectivity index (χ0) is 23.7. The van der Waals surface area contributed by atoms with Gasteiger partial charge in [0, 0.05) is 35.0 Å². The Morgan fingerprint density at radius 3 is 2.56 bits per heavy atom. The number of hydrogen-bond acceptors (Lipinski definition) is 4. The largest absolute Gasteiger partial charge is 0.355 e. The van der Waals surface area contributed by atoms with Crippen molar-refractivity contribution < 1.29 is 14.1 Å². The van der Waals surface area contributed by atoms with Gasteiger partial charge in [-0.1, -0.05) is 35.5 Å². The van der Waals surface area contributed by atoms with Gasteiger partial charge in [0.1, 0.15) is 5.52 Å². The number of rotatable bonds is 4. The molecule has 0 bridgehead atoms. The first-order valence-corrected chi connectivity index (χ1v) is 11.7. The molecule has 4 aromatic rings. The van der Waals surface area contributed by atoms with Crippen molar-refractivity contribution in [2.75, 3.05) is 11.9 Å². The number of likely N-dealkylation sites (tertiary alicyclic amines) is 1. The van der Waals surface area contributed by atoms with E-state index in [4.69, 9.17) is 4.52 Å². The Hall–Kier alpha value is -3.93. The molecule has 3 aromatic carbocycles. The van der Waals surface area contributed by atoms with Crippen molar-refractivity contribution in [1.29, 1.82) is 0 Å². The Labute approximate surface area is 198 Å². The lowest BCUT2D eigenvalue weighted by Gasteiger charge is -2.33. The van der Waals surface area contributed by atoms with Crippen LogP contribution >= 0.6 is 0 Å². The molecule has 172 valence electrons. The summed E-state index contributed by atoms with van der Waals surface area (Å²) in [5.41, 5.74) is 4.29. The van der Waals surface area contributed by atoms with Gasteiger partial charge in [0.05, 0.1) is 5.39 Å². The first-order valence-electron chi connectivity index (χ1n) is 11.7. The third kappa shape index (κ3) is 4.19. The second-order valence-corrected chi connectivity index (χ2v) is 8.94. The lowest BCUT2D eigenvalue weighted by molar-refractivity contribution is 0.0635. The third-order valence-electron chi connectivity index (χ3n) is 6.56. The molecule has 34 heavy (non-hydrogen) atoms. The minimum absolute atomic E-state index is 0.0551. The van der Waals surface area contributed by atoms with E-state index in [1.165, 1.54) is 6.42 Å². The molecule has 0 saturated carbocycles. The highest BCUT2D eigenvalue weighted by atomic mass is 16.5. The molecule has 1 N–H and O–H groups in total. The highest BCUT2D eigenvalue weighted by Gasteiger charge is 2.24. The van der Waals surface area contributed by atoms with Crippen LogP contribution in [0.2, 0.25) is 0 Å². The van der Waals surface area contributed by atoms with Crippen LogP contribution in [0, 0.1) is 6.92 Å². The lowest BCUT2D eigenvalue weighted by atomic mass is 10.0. The van der Waals surface area contributed by atoms with Crippen LogP contribution in [0.4, 0.5) is 5.69 Å². The summed E-state index contributed by atoms with van der Waals surface area (Å²) in [5.74, 6) is 0.463. The molecule has 1 fully saturated rings. The van der Waals surface area contributed by atoms with Crippen LogP contribution in [0.25, 0.3) is 22.2 Å². The van der Waals surface area contributed by atoms with E-state index in [2.05, 4.69) is 17.4 Å². The zero-order valence-corrected chi connectivity index (χ0v) is 19.4. The van der Waals surface area contributed by atoms with Crippen LogP contribution in [0.15, 0.2) is 71.3 Å². The number of nitrogens with zero attached hydrogens (tertiary/aromatic N) is 2. The van der Waals surface area contributed by atoms with Gasteiger partial charge >= 0.3 is 0 Å². The Kier molecular flexibility index (Phi) is 5.88. The van der Waals surface area contributed by atoms with E-state index in [0.29, 0.717) is 28.1 Å². The summed E-state index contributed by atoms with van der Waals surface area (Å²) < 4.78 is 5.55. The van der Waals surface area contributed by atoms with Crippen molar-refractivity contribution in [1.82, 2.24) is 10.1 Å². The maximum absolute atomic E-state index is 13.1. The topological polar surface area (TPSA) is 75.4 Å². The number of aryl methyl sites for hydroxylation is 1. The zero-order valence-electron chi connectivity index (χ0n) is 19.4. The van der Waals surface area contributed by atoms with Gasteiger partial charge in [-0.2, -0.15) is 0 Å². The fourth-order valence-electron chi connectivity index (χ4n) is 4.58. The quantitative estimate of drug-likeness (QED) is 0.407. The summed E-state index contributed by atoms with van der Waals surface area (Å²) in [4.78, 5) is 28.0. The SMILES string of the molecule is Cc1cc(C(=O)N2CCCCC2C)ccc1NC(=O)c1ccc2noc(-c3ccccc3)c2c1. The standard InChI is InChI=1S/C28H27N3O3/c1-18-16-22(28(33)31-15-7-6-8-19(31)2)12-13-24(18)29-27(32)21-11-14-25-23(17-21)26(34-30-25)20-9-4-3-5-10-20/h3-5,9-14,16-17,19H,6-8,15H2,1-2H3,(H,29,32). The molecule has 6 heteroatoms. The van der Waals surface area contributed by atoms with Crippen molar-refractivity contribution >= 4 is 28.4 Å². The smallest absolute Gasteiger partial charge is 0.255 e. The molecule has 1 unspecified atom stereocenters. The van der Waals surface area contributed by atoms with E-state index in [0.717, 1.165) is 35.9 Å². The maximum Gasteiger partial charge on any atom is 0.255 e. The van der Waals surface area contributed by atoms with Crippen molar-refractivity contribution in [3.63, 3.8) is 0 Å². The molecular formula is C28H27N3O3. The van der Waals surface area contributed by atoms with Crippen LogP contribution in [0.3, 0.4) is 0 Å². The molecule has 2 heterocycles. The molecule has 0 radical (unpaired) electrons. The Morgan fingerprint density at radius 1 is 1.00 bits per heavy atom. The summed E-state index contributed by atoms with van der Waals surface area (Å²) >= 11 is 0. The van der Waals surface area contributed by atoms with Crippen LogP contribution in [-0.2, 0) is 0 Å². The number of aromatic nitrogens is 1. The van der Waals surface area contributed by atoms with Gasteiger partial charge in [0.15, 0.2) is 5.76 Å². The van der Waals surface area contributed by atoms with E-state index in [1.54, 1.807) is 24.3 Å². The van der Waals surface area contributed by atoms with Gasteiger partial charge in [0.2, 0.25) is 0 Å². The van der Waals surface area contributed by atoms with Crippen molar-refractivity contribution in [2.45, 2.75) is 39.2 Å². The summed E-state index contributed by atoms with van der Waals surface area (Å²) in [6.45, 7) is 4.81. The van der Waals surface area contributed by atoms with Crippen molar-refractivity contribution in [3.8, 4) is 11.3 Å². The molecule has 1 atom stereocenters. The third-order valence-corrected chi connectivity index (χ3v) is 6.56. The van der Waals surface area contributed by atoms with Crippen LogP contribution in [-0.4, -0.2) is 34.5 Å². The van der Waals surface area contributed by atoms with E-state index < -0.39 is 0 Å². The summed E-state index contributed by atoms with van der Waals surface area (Å²) in [7, 11) is 0. The average Bonchev–Trinajstić information content (AvgIpc) is 3.29. The number of benzene rings is 3. The summed E-state index contributed by atoms with van der Waals surface area (Å²) in [5, 5.41) is 7.89. The number of amides is 2. The van der Waals surface area contributed by atoms with E-state index in [9.17, 15) is 9.59 Å². The van der Waals surface area contributed by atoms with Crippen molar-refractivity contribution in [3.05, 3.63) is 83.4 Å². The first kappa shape index (κ1) is 21.9. The van der Waals surface area contributed by atoms with Gasteiger partial charge in [-0.25, -0.2) is 0 Å². The highest BCUT2D eigenvalue weighted by molar-refractivity contribution is 6.08. The molecule has 1 aliphatic rings. The van der Waals surface area contributed by atoms with Crippen LogP contribution in [0.5, 0.6) is 0 Å². The molecule has 2 amide bonds. The number of hydrogen-bond donors (Lipinski definition) is 1. The molecular weight excluding hydrogens is 426 g/mol. The highest BCUT2D eigenvalue weighted by Crippen LogP contribution is 2.30. The number of anilines is 1. The number of carbonyl (C=O) groups is 2. The fourth-order valence-corrected chi connectivity index (χ4v) is 4.58. The number of carbonyl (C=O) groups excluding carboxylic acids is 2. The molecule has 1 saturated heterocycles. The Balaban J connectivity index is 1.36. The molecule has 0 aliphatic carbocycles. The van der Waals surface area contributed by atoms with E-state index in [-0.39, 0.29) is 17.9 Å². The maximum atomic E-state index is 13.1. The predicted octanol–water partition coefficient (Wildman–Crippen LogP) is 6.07. The van der Waals surface area contributed by atoms with E-state index >= 15 is 0 Å². The number of fused-ring (bicyclic) bond motifs is 1. The normalized spacial score (nSPS) is 15.9. The molecule has 5 rings (SSSR count). The summed E-state index contributed by atoms with van der Waals surface area (Å²) in [6.07, 6.45) is 3.26. The Morgan fingerprint density at radius 2 is 1.79 bits per heavy atom. The van der Waals surface area contributed by atoms with Crippen LogP contribution < -0.4 is 5.32 Å². The van der Waals surface area contributed by atoms with Crippen molar-refractivity contribution in [2.24, 2.45) is 0 Å². The second-order valence-electron chi connectivity index (χ2n) is 8.94. The number of piperidine rings is 1. The molecule has 0 spiro atoms. The average molecular weight is 454 g/mol. The summed E-state index contributed by atoms with van der Waals surface area (Å²) in [6, 6.07) is 20.7. The van der Waals surface area contributed by atoms with Crippen LogP contribution in [0.1, 0.15) is 52.5 Å². The van der Waals surface area contributed by atoms with Gasteiger partial charge < -0.3 is 14.7 Å². The predicted molar refractivity (Wildman–Crippen MR) is 133 cm³/mol. The van der Waals surface area contributed by atoms with Gasteiger partial charge in [-0.15, -0.1) is 0 Å². The minimum Gasteiger partial charge on any atom is -0.355 e. The second kappa shape index (κ2) is 9.14. The van der Waals surface area contributed by atoms with Gasteiger partial charge in [-0.05, 0) is 75.1 Å². The van der Waals surface area contributed by atoms with E-state index in [1.807, 2.05) is 54.3 Å².